The van der Waals surface area contributed by atoms with E-state index in [9.17, 15) is 28.7 Å². The average molecular weight is 596 g/mol. The molecule has 1 aromatic heterocycles. The van der Waals surface area contributed by atoms with Gasteiger partial charge in [0.05, 0.1) is 6.33 Å². The quantitative estimate of drug-likeness (QED) is 0.242. The summed E-state index contributed by atoms with van der Waals surface area (Å²) in [4.78, 5) is 55.1. The number of rotatable bonds is 12. The summed E-state index contributed by atoms with van der Waals surface area (Å²) >= 11 is 0. The summed E-state index contributed by atoms with van der Waals surface area (Å²) in [6, 6.07) is 12.5. The molecule has 3 aromatic rings. The normalized spacial score (nSPS) is 13.0. The first-order valence-corrected chi connectivity index (χ1v) is 13.8. The number of halogens is 1. The molecule has 2 atom stereocenters. The highest BCUT2D eigenvalue weighted by Crippen LogP contribution is 2.21. The number of hydrogen-bond acceptors (Lipinski definition) is 6. The highest BCUT2D eigenvalue weighted by atomic mass is 19.1. The monoisotopic (exact) mass is 595 g/mol. The van der Waals surface area contributed by atoms with Crippen LogP contribution in [0.2, 0.25) is 0 Å². The van der Waals surface area contributed by atoms with Gasteiger partial charge in [0.1, 0.15) is 23.0 Å². The number of alkyl carbamates (subject to hydrolysis) is 1. The molecule has 43 heavy (non-hydrogen) atoms. The molecule has 0 saturated carbocycles. The van der Waals surface area contributed by atoms with Crippen molar-refractivity contribution in [1.29, 1.82) is 0 Å². The zero-order chi connectivity index (χ0) is 31.8. The third-order valence-corrected chi connectivity index (χ3v) is 6.37. The Morgan fingerprint density at radius 3 is 2.26 bits per heavy atom. The number of anilines is 1. The second kappa shape index (κ2) is 14.0. The molecule has 0 aliphatic carbocycles. The van der Waals surface area contributed by atoms with Gasteiger partial charge in [0.15, 0.2) is 11.9 Å². The van der Waals surface area contributed by atoms with Crippen LogP contribution in [-0.2, 0) is 25.5 Å². The van der Waals surface area contributed by atoms with Crippen LogP contribution in [0.5, 0.6) is 0 Å². The van der Waals surface area contributed by atoms with Crippen LogP contribution < -0.4 is 16.0 Å². The molecule has 2 unspecified atom stereocenters. The van der Waals surface area contributed by atoms with E-state index in [4.69, 9.17) is 4.74 Å². The van der Waals surface area contributed by atoms with Crippen LogP contribution in [0, 0.1) is 5.82 Å². The van der Waals surface area contributed by atoms with Gasteiger partial charge in [-0.1, -0.05) is 42.5 Å². The molecule has 2 aromatic carbocycles. The van der Waals surface area contributed by atoms with Crippen molar-refractivity contribution in [3.05, 3.63) is 84.1 Å². The van der Waals surface area contributed by atoms with E-state index in [0.29, 0.717) is 18.4 Å². The summed E-state index contributed by atoms with van der Waals surface area (Å²) < 4.78 is 19.9. The van der Waals surface area contributed by atoms with Gasteiger partial charge in [-0.2, -0.15) is 0 Å². The average Bonchev–Trinajstić information content (AvgIpc) is 3.35. The number of ether oxygens (including phenoxy) is 1. The standard InChI is InChI=1S/C31H38FN5O6/c1-30(2,3)43-29(42)36-31(4,5)28(41)34-23(13-9-12-20-10-7-6-8-11-20)26(38)35-24-18-37(19-33-24)25(27(39)40)21-14-16-22(32)17-15-21/h6-8,10-11,14-19,23,25H,9,12-13H2,1-5H3,(H,34,41)(H,35,38)(H,36,42)(H,39,40). The van der Waals surface area contributed by atoms with Crippen LogP contribution in [-0.4, -0.2) is 55.7 Å². The lowest BCUT2D eigenvalue weighted by atomic mass is 10.0. The fourth-order valence-electron chi connectivity index (χ4n) is 4.22. The first-order valence-electron chi connectivity index (χ1n) is 13.8. The van der Waals surface area contributed by atoms with Crippen LogP contribution in [0.15, 0.2) is 67.1 Å². The Kier molecular flexibility index (Phi) is 10.6. The van der Waals surface area contributed by atoms with E-state index in [1.165, 1.54) is 43.1 Å². The first kappa shape index (κ1) is 32.8. The minimum absolute atomic E-state index is 0.0619. The molecule has 0 spiro atoms. The molecule has 0 saturated heterocycles. The maximum Gasteiger partial charge on any atom is 0.408 e. The van der Waals surface area contributed by atoms with Crippen molar-refractivity contribution in [3.8, 4) is 0 Å². The van der Waals surface area contributed by atoms with Crippen LogP contribution in [0.4, 0.5) is 15.0 Å². The van der Waals surface area contributed by atoms with Crippen molar-refractivity contribution in [2.45, 2.75) is 77.1 Å². The second-order valence-electron chi connectivity index (χ2n) is 11.6. The maximum atomic E-state index is 13.4. The van der Waals surface area contributed by atoms with Crippen molar-refractivity contribution in [1.82, 2.24) is 20.2 Å². The molecule has 0 aliphatic heterocycles. The lowest BCUT2D eigenvalue weighted by molar-refractivity contribution is -0.139. The summed E-state index contributed by atoms with van der Waals surface area (Å²) in [6.45, 7) is 8.09. The number of hydrogen-bond donors (Lipinski definition) is 4. The molecule has 1 heterocycles. The lowest BCUT2D eigenvalue weighted by Gasteiger charge is -2.29. The van der Waals surface area contributed by atoms with E-state index in [1.54, 1.807) is 20.8 Å². The fraction of sp³-hybridized carbons (Fsp3) is 0.387. The van der Waals surface area contributed by atoms with Gasteiger partial charge in [-0.3, -0.25) is 9.59 Å². The highest BCUT2D eigenvalue weighted by Gasteiger charge is 2.34. The number of nitrogens with one attached hydrogen (secondary N) is 3. The number of benzene rings is 2. The Labute approximate surface area is 249 Å². The van der Waals surface area contributed by atoms with Crippen LogP contribution >= 0.6 is 0 Å². The fourth-order valence-corrected chi connectivity index (χ4v) is 4.22. The molecular formula is C31H38FN5O6. The molecule has 3 rings (SSSR count). The molecule has 0 radical (unpaired) electrons. The van der Waals surface area contributed by atoms with E-state index >= 15 is 0 Å². The third-order valence-electron chi connectivity index (χ3n) is 6.37. The van der Waals surface area contributed by atoms with E-state index in [-0.39, 0.29) is 12.2 Å². The predicted octanol–water partition coefficient (Wildman–Crippen LogP) is 4.45. The Balaban J connectivity index is 1.75. The van der Waals surface area contributed by atoms with Crippen LogP contribution in [0.1, 0.15) is 64.6 Å². The van der Waals surface area contributed by atoms with Gasteiger partial charge in [-0.15, -0.1) is 0 Å². The van der Waals surface area contributed by atoms with Gasteiger partial charge in [-0.05, 0) is 77.1 Å². The number of carboxylic acids is 1. The van der Waals surface area contributed by atoms with Crippen molar-refractivity contribution < 1.29 is 33.4 Å². The van der Waals surface area contributed by atoms with Gasteiger partial charge < -0.3 is 30.4 Å². The van der Waals surface area contributed by atoms with Crippen molar-refractivity contribution in [2.75, 3.05) is 5.32 Å². The Morgan fingerprint density at radius 2 is 1.65 bits per heavy atom. The molecule has 4 N–H and O–H groups in total. The Bertz CT molecular complexity index is 1420. The number of aromatic nitrogens is 2. The van der Waals surface area contributed by atoms with E-state index in [2.05, 4.69) is 20.9 Å². The predicted molar refractivity (Wildman–Crippen MR) is 158 cm³/mol. The number of carboxylic acid groups (broad SMARTS) is 1. The molecule has 0 aliphatic rings. The van der Waals surface area contributed by atoms with E-state index < -0.39 is 52.9 Å². The minimum Gasteiger partial charge on any atom is -0.479 e. The molecule has 11 nitrogen and oxygen atoms in total. The summed E-state index contributed by atoms with van der Waals surface area (Å²) in [6.07, 6.45) is 3.29. The number of carbonyl (C=O) groups excluding carboxylic acids is 3. The zero-order valence-corrected chi connectivity index (χ0v) is 24.9. The van der Waals surface area contributed by atoms with E-state index in [1.807, 2.05) is 30.3 Å². The van der Waals surface area contributed by atoms with Crippen LogP contribution in [0.3, 0.4) is 0 Å². The number of aliphatic carboxylic acids is 1. The molecule has 3 amide bonds. The number of amides is 3. The van der Waals surface area contributed by atoms with Crippen molar-refractivity contribution in [3.63, 3.8) is 0 Å². The zero-order valence-electron chi connectivity index (χ0n) is 24.9. The number of aryl methyl sites for hydroxylation is 1. The SMILES string of the molecule is CC(C)(C)OC(=O)NC(C)(C)C(=O)NC(CCCc1ccccc1)C(=O)Nc1cn(C(C(=O)O)c2ccc(F)cc2)cn1. The maximum absolute atomic E-state index is 13.4. The van der Waals surface area contributed by atoms with Crippen LogP contribution in [0.25, 0.3) is 0 Å². The summed E-state index contributed by atoms with van der Waals surface area (Å²) in [7, 11) is 0. The molecular weight excluding hydrogens is 557 g/mol. The van der Waals surface area contributed by atoms with E-state index in [0.717, 1.165) is 17.7 Å². The minimum atomic E-state index is -1.41. The van der Waals surface area contributed by atoms with Gasteiger partial charge in [0.2, 0.25) is 11.8 Å². The molecule has 0 fully saturated rings. The van der Waals surface area contributed by atoms with Crippen molar-refractivity contribution in [2.24, 2.45) is 0 Å². The first-order chi connectivity index (χ1) is 20.1. The number of carbonyl (C=O) groups is 4. The Morgan fingerprint density at radius 1 is 1.00 bits per heavy atom. The van der Waals surface area contributed by atoms with Gasteiger partial charge in [0, 0.05) is 6.20 Å². The smallest absolute Gasteiger partial charge is 0.408 e. The highest BCUT2D eigenvalue weighted by molar-refractivity contribution is 5.98. The Hall–Kier alpha value is -4.74. The summed E-state index contributed by atoms with van der Waals surface area (Å²) in [5.41, 5.74) is -0.795. The number of imidazole rings is 1. The molecule has 230 valence electrons. The van der Waals surface area contributed by atoms with Gasteiger partial charge in [0.25, 0.3) is 0 Å². The molecule has 12 heteroatoms. The second-order valence-corrected chi connectivity index (χ2v) is 11.6. The largest absolute Gasteiger partial charge is 0.479 e. The summed E-state index contributed by atoms with van der Waals surface area (Å²) in [5, 5.41) is 17.7. The third kappa shape index (κ3) is 9.94. The summed E-state index contributed by atoms with van der Waals surface area (Å²) in [5.74, 6) is -2.82. The topological polar surface area (TPSA) is 152 Å². The molecule has 0 bridgehead atoms. The van der Waals surface area contributed by atoms with Gasteiger partial charge in [-0.25, -0.2) is 19.0 Å². The van der Waals surface area contributed by atoms with Gasteiger partial charge >= 0.3 is 12.1 Å². The number of nitrogens with zero attached hydrogens (tertiary/aromatic N) is 2. The van der Waals surface area contributed by atoms with Crippen molar-refractivity contribution >= 4 is 29.7 Å². The lowest BCUT2D eigenvalue weighted by Crippen LogP contribution is -2.58.